The van der Waals surface area contributed by atoms with Gasteiger partial charge in [-0.3, -0.25) is 14.5 Å². The molecule has 0 aliphatic heterocycles. The summed E-state index contributed by atoms with van der Waals surface area (Å²) in [5.74, 6) is 0. The number of nitriles is 1. The number of non-ortho nitro benzene ring substituents is 1. The monoisotopic (exact) mass is 316 g/mol. The van der Waals surface area contributed by atoms with Crippen molar-refractivity contribution >= 4 is 33.3 Å². The summed E-state index contributed by atoms with van der Waals surface area (Å²) in [5, 5.41) is 21.1. The number of hydrogen-bond donors (Lipinski definition) is 0. The molecule has 6 heteroatoms. The van der Waals surface area contributed by atoms with Crippen LogP contribution in [0, 0.1) is 35.3 Å². The number of imidazole rings is 1. The van der Waals surface area contributed by atoms with E-state index in [4.69, 9.17) is 0 Å². The Labute approximate surface area is 136 Å². The standard InChI is InChI=1S/C18H12N4O2/c1-10-5-15-17(6-11(10)2)21-16-4-3-14(22(23)24)8-12(16)7-13(9-19)18(21)20-15/h3-8H,1-2H3. The third-order valence-corrected chi connectivity index (χ3v) is 4.39. The van der Waals surface area contributed by atoms with E-state index in [0.29, 0.717) is 16.6 Å². The van der Waals surface area contributed by atoms with Gasteiger partial charge < -0.3 is 0 Å². The molecule has 6 nitrogen and oxygen atoms in total. The van der Waals surface area contributed by atoms with Crippen molar-refractivity contribution in [3.8, 4) is 6.07 Å². The molecule has 0 saturated carbocycles. The van der Waals surface area contributed by atoms with E-state index in [-0.39, 0.29) is 5.69 Å². The van der Waals surface area contributed by atoms with Gasteiger partial charge in [-0.15, -0.1) is 0 Å². The Kier molecular flexibility index (Phi) is 2.81. The van der Waals surface area contributed by atoms with E-state index in [1.807, 2.05) is 30.4 Å². The van der Waals surface area contributed by atoms with Gasteiger partial charge in [0.05, 0.1) is 27.0 Å². The predicted octanol–water partition coefficient (Wildman–Crippen LogP) is 4.04. The lowest BCUT2D eigenvalue weighted by molar-refractivity contribution is -0.384. The van der Waals surface area contributed by atoms with Gasteiger partial charge in [-0.25, -0.2) is 4.98 Å². The van der Waals surface area contributed by atoms with Gasteiger partial charge in [0.15, 0.2) is 5.65 Å². The summed E-state index contributed by atoms with van der Waals surface area (Å²) < 4.78 is 1.90. The molecule has 0 radical (unpaired) electrons. The number of rotatable bonds is 1. The Hall–Kier alpha value is -3.46. The molecular weight excluding hydrogens is 304 g/mol. The van der Waals surface area contributed by atoms with Crippen molar-refractivity contribution in [2.45, 2.75) is 13.8 Å². The summed E-state index contributed by atoms with van der Waals surface area (Å²) in [6.07, 6.45) is 0. The van der Waals surface area contributed by atoms with Crippen molar-refractivity contribution in [2.75, 3.05) is 0 Å². The Morgan fingerprint density at radius 3 is 2.58 bits per heavy atom. The number of benzene rings is 2. The molecule has 0 bridgehead atoms. The van der Waals surface area contributed by atoms with Crippen molar-refractivity contribution in [1.82, 2.24) is 9.38 Å². The lowest BCUT2D eigenvalue weighted by atomic mass is 10.1. The third-order valence-electron chi connectivity index (χ3n) is 4.39. The second-order valence-corrected chi connectivity index (χ2v) is 5.87. The maximum absolute atomic E-state index is 11.0. The molecule has 0 unspecified atom stereocenters. The van der Waals surface area contributed by atoms with E-state index < -0.39 is 4.92 Å². The molecule has 0 spiro atoms. The molecule has 24 heavy (non-hydrogen) atoms. The Morgan fingerprint density at radius 1 is 1.12 bits per heavy atom. The highest BCUT2D eigenvalue weighted by Crippen LogP contribution is 2.29. The highest BCUT2D eigenvalue weighted by atomic mass is 16.6. The second-order valence-electron chi connectivity index (χ2n) is 5.87. The van der Waals surface area contributed by atoms with Crippen LogP contribution in [0.5, 0.6) is 0 Å². The zero-order valence-corrected chi connectivity index (χ0v) is 13.1. The van der Waals surface area contributed by atoms with Crippen molar-refractivity contribution in [1.29, 1.82) is 5.26 Å². The summed E-state index contributed by atoms with van der Waals surface area (Å²) in [4.78, 5) is 15.2. The van der Waals surface area contributed by atoms with Gasteiger partial charge in [-0.1, -0.05) is 0 Å². The summed E-state index contributed by atoms with van der Waals surface area (Å²) in [6.45, 7) is 4.04. The molecular formula is C18H12N4O2. The van der Waals surface area contributed by atoms with Crippen molar-refractivity contribution in [3.63, 3.8) is 0 Å². The zero-order valence-electron chi connectivity index (χ0n) is 13.1. The SMILES string of the molecule is Cc1cc2nc3c(C#N)cc4cc([N+](=O)[O-])ccc4n3c2cc1C. The number of nitrogens with zero attached hydrogens (tertiary/aromatic N) is 4. The molecule has 0 aliphatic carbocycles. The van der Waals surface area contributed by atoms with Crippen LogP contribution in [0.2, 0.25) is 0 Å². The van der Waals surface area contributed by atoms with Crippen LogP contribution < -0.4 is 0 Å². The minimum absolute atomic E-state index is 0.00202. The number of nitro groups is 1. The maximum atomic E-state index is 11.0. The van der Waals surface area contributed by atoms with Gasteiger partial charge in [0.2, 0.25) is 0 Å². The van der Waals surface area contributed by atoms with E-state index in [1.54, 1.807) is 12.1 Å². The van der Waals surface area contributed by atoms with Crippen LogP contribution in [-0.4, -0.2) is 14.3 Å². The normalized spacial score (nSPS) is 11.2. The highest BCUT2D eigenvalue weighted by molar-refractivity contribution is 5.94. The average molecular weight is 316 g/mol. The first-order chi connectivity index (χ1) is 11.5. The van der Waals surface area contributed by atoms with Crippen molar-refractivity contribution in [2.24, 2.45) is 0 Å². The Bertz CT molecular complexity index is 1220. The first kappa shape index (κ1) is 14.2. The number of aromatic nitrogens is 2. The molecule has 2 heterocycles. The molecule has 0 fully saturated rings. The smallest absolute Gasteiger partial charge is 0.270 e. The maximum Gasteiger partial charge on any atom is 0.270 e. The van der Waals surface area contributed by atoms with Crippen LogP contribution in [0.1, 0.15) is 16.7 Å². The first-order valence-electron chi connectivity index (χ1n) is 7.40. The van der Waals surface area contributed by atoms with Gasteiger partial charge in [0.25, 0.3) is 5.69 Å². The van der Waals surface area contributed by atoms with E-state index >= 15 is 0 Å². The molecule has 4 aromatic rings. The molecule has 0 atom stereocenters. The number of hydrogen-bond acceptors (Lipinski definition) is 4. The molecule has 0 N–H and O–H groups in total. The number of aryl methyl sites for hydroxylation is 2. The fourth-order valence-electron chi connectivity index (χ4n) is 3.03. The lowest BCUT2D eigenvalue weighted by Crippen LogP contribution is -1.94. The summed E-state index contributed by atoms with van der Waals surface area (Å²) in [7, 11) is 0. The minimum Gasteiger partial charge on any atom is -0.291 e. The van der Waals surface area contributed by atoms with Crippen molar-refractivity contribution < 1.29 is 4.92 Å². The summed E-state index contributed by atoms with van der Waals surface area (Å²) in [5.41, 5.74) is 5.71. The molecule has 4 rings (SSSR count). The van der Waals surface area contributed by atoms with Crippen LogP contribution in [-0.2, 0) is 0 Å². The molecule has 2 aromatic heterocycles. The Morgan fingerprint density at radius 2 is 1.88 bits per heavy atom. The number of fused-ring (bicyclic) bond motifs is 5. The van der Waals surface area contributed by atoms with Gasteiger partial charge in [-0.2, -0.15) is 5.26 Å². The van der Waals surface area contributed by atoms with E-state index in [0.717, 1.165) is 27.7 Å². The topological polar surface area (TPSA) is 84.2 Å². The summed E-state index contributed by atoms with van der Waals surface area (Å²) in [6, 6.07) is 12.5. The van der Waals surface area contributed by atoms with Gasteiger partial charge in [0.1, 0.15) is 6.07 Å². The third kappa shape index (κ3) is 1.85. The zero-order chi connectivity index (χ0) is 17.0. The van der Waals surface area contributed by atoms with E-state index in [9.17, 15) is 15.4 Å². The quantitative estimate of drug-likeness (QED) is 0.392. The van der Waals surface area contributed by atoms with E-state index in [1.165, 1.54) is 12.1 Å². The Balaban J connectivity index is 2.26. The largest absolute Gasteiger partial charge is 0.291 e. The molecule has 2 aromatic carbocycles. The second kappa shape index (κ2) is 4.77. The predicted molar refractivity (Wildman–Crippen MR) is 91.0 cm³/mol. The van der Waals surface area contributed by atoms with E-state index in [2.05, 4.69) is 11.1 Å². The van der Waals surface area contributed by atoms with Crippen LogP contribution in [0.15, 0.2) is 36.4 Å². The van der Waals surface area contributed by atoms with Crippen LogP contribution in [0.4, 0.5) is 5.69 Å². The molecule has 0 amide bonds. The average Bonchev–Trinajstić information content (AvgIpc) is 2.92. The highest BCUT2D eigenvalue weighted by Gasteiger charge is 2.15. The van der Waals surface area contributed by atoms with Crippen LogP contribution in [0.25, 0.3) is 27.6 Å². The lowest BCUT2D eigenvalue weighted by Gasteiger charge is -2.06. The molecule has 0 aliphatic rings. The minimum atomic E-state index is -0.435. The van der Waals surface area contributed by atoms with Gasteiger partial charge >= 0.3 is 0 Å². The number of nitro benzene ring substituents is 1. The van der Waals surface area contributed by atoms with Crippen LogP contribution >= 0.6 is 0 Å². The fourth-order valence-corrected chi connectivity index (χ4v) is 3.03. The summed E-state index contributed by atoms with van der Waals surface area (Å²) >= 11 is 0. The fraction of sp³-hybridized carbons (Fsp3) is 0.111. The first-order valence-corrected chi connectivity index (χ1v) is 7.40. The molecule has 0 saturated heterocycles. The molecule has 116 valence electrons. The van der Waals surface area contributed by atoms with Gasteiger partial charge in [-0.05, 0) is 49.2 Å². The van der Waals surface area contributed by atoms with Crippen molar-refractivity contribution in [3.05, 3.63) is 63.2 Å². The number of pyridine rings is 1. The van der Waals surface area contributed by atoms with Gasteiger partial charge in [0, 0.05) is 17.5 Å². The van der Waals surface area contributed by atoms with Crippen LogP contribution in [0.3, 0.4) is 0 Å².